The van der Waals surface area contributed by atoms with Gasteiger partial charge in [0.05, 0.1) is 11.8 Å². The minimum atomic E-state index is -3.30. The van der Waals surface area contributed by atoms with Crippen LogP contribution in [0.15, 0.2) is 5.16 Å². The van der Waals surface area contributed by atoms with Gasteiger partial charge in [-0.05, 0) is 25.7 Å². The molecule has 0 saturated heterocycles. The smallest absolute Gasteiger partial charge is 0.211 e. The lowest BCUT2D eigenvalue weighted by Crippen LogP contribution is -2.46. The summed E-state index contributed by atoms with van der Waals surface area (Å²) in [4.78, 5) is 0. The van der Waals surface area contributed by atoms with Crippen molar-refractivity contribution in [3.05, 3.63) is 0 Å². The molecule has 82 valence electrons. The van der Waals surface area contributed by atoms with Gasteiger partial charge in [-0.1, -0.05) is 5.16 Å². The first-order valence-corrected chi connectivity index (χ1v) is 6.12. The fourth-order valence-corrected chi connectivity index (χ4v) is 2.03. The Morgan fingerprint density at radius 2 is 2.29 bits per heavy atom. The lowest BCUT2D eigenvalue weighted by Gasteiger charge is -2.15. The summed E-state index contributed by atoms with van der Waals surface area (Å²) in [6.07, 6.45) is 1.82. The van der Waals surface area contributed by atoms with Gasteiger partial charge in [-0.25, -0.2) is 13.1 Å². The Labute approximate surface area is 83.2 Å². The highest BCUT2D eigenvalue weighted by Crippen LogP contribution is 2.33. The number of rotatable bonds is 5. The molecule has 1 rings (SSSR count). The van der Waals surface area contributed by atoms with Crippen molar-refractivity contribution in [2.45, 2.75) is 25.8 Å². The normalized spacial score (nSPS) is 20.8. The highest BCUT2D eigenvalue weighted by atomic mass is 32.2. The van der Waals surface area contributed by atoms with E-state index in [2.05, 4.69) is 9.88 Å². The van der Waals surface area contributed by atoms with Crippen LogP contribution < -0.4 is 10.5 Å². The lowest BCUT2D eigenvalue weighted by molar-refractivity contribution is 0.314. The summed E-state index contributed by atoms with van der Waals surface area (Å²) in [5, 5.41) is 11.3. The second kappa shape index (κ2) is 4.14. The minimum absolute atomic E-state index is 0.00503. The van der Waals surface area contributed by atoms with Crippen molar-refractivity contribution < 1.29 is 13.6 Å². The van der Waals surface area contributed by atoms with Gasteiger partial charge < -0.3 is 10.9 Å². The van der Waals surface area contributed by atoms with E-state index < -0.39 is 16.1 Å². The number of amidine groups is 1. The quantitative estimate of drug-likeness (QED) is 0.251. The zero-order valence-corrected chi connectivity index (χ0v) is 8.79. The highest BCUT2D eigenvalue weighted by molar-refractivity contribution is 7.89. The van der Waals surface area contributed by atoms with Crippen molar-refractivity contribution in [2.75, 3.05) is 5.75 Å². The number of hydrogen-bond donors (Lipinski definition) is 3. The van der Waals surface area contributed by atoms with Crippen LogP contribution in [0, 0.1) is 5.92 Å². The molecule has 1 fully saturated rings. The number of sulfonamides is 1. The Balaban J connectivity index is 2.70. The molecule has 0 radical (unpaired) electrons. The van der Waals surface area contributed by atoms with E-state index in [1.54, 1.807) is 6.92 Å². The molecule has 14 heavy (non-hydrogen) atoms. The van der Waals surface area contributed by atoms with E-state index >= 15 is 0 Å². The maximum Gasteiger partial charge on any atom is 0.211 e. The van der Waals surface area contributed by atoms with E-state index in [1.165, 1.54) is 0 Å². The molecule has 7 heteroatoms. The van der Waals surface area contributed by atoms with Gasteiger partial charge in [0, 0.05) is 0 Å². The molecule has 0 aromatic heterocycles. The molecule has 0 spiro atoms. The summed E-state index contributed by atoms with van der Waals surface area (Å²) >= 11 is 0. The summed E-state index contributed by atoms with van der Waals surface area (Å²) in [6.45, 7) is 1.54. The Morgan fingerprint density at radius 3 is 2.64 bits per heavy atom. The Morgan fingerprint density at radius 1 is 1.71 bits per heavy atom. The average molecular weight is 221 g/mol. The van der Waals surface area contributed by atoms with Gasteiger partial charge in [0.2, 0.25) is 10.0 Å². The molecular weight excluding hydrogens is 206 g/mol. The van der Waals surface area contributed by atoms with Crippen molar-refractivity contribution in [1.82, 2.24) is 4.72 Å². The molecule has 1 aliphatic rings. The van der Waals surface area contributed by atoms with Crippen LogP contribution in [0.25, 0.3) is 0 Å². The SMILES string of the molecule is CCS(=O)(=O)NC(C(N)=NO)C1CC1. The third-order valence-corrected chi connectivity index (χ3v) is 3.59. The van der Waals surface area contributed by atoms with E-state index in [4.69, 9.17) is 10.9 Å². The molecule has 0 aliphatic heterocycles. The number of oxime groups is 1. The average Bonchev–Trinajstić information content (AvgIpc) is 2.96. The van der Waals surface area contributed by atoms with Crippen LogP contribution in [-0.2, 0) is 10.0 Å². The van der Waals surface area contributed by atoms with E-state index in [0.717, 1.165) is 12.8 Å². The molecule has 0 bridgehead atoms. The predicted molar refractivity (Wildman–Crippen MR) is 52.5 cm³/mol. The second-order valence-corrected chi connectivity index (χ2v) is 5.40. The fraction of sp³-hybridized carbons (Fsp3) is 0.857. The summed E-state index contributed by atoms with van der Waals surface area (Å²) in [5.41, 5.74) is 5.39. The van der Waals surface area contributed by atoms with E-state index in [1.807, 2.05) is 0 Å². The predicted octanol–water partition coefficient (Wildman–Crippen LogP) is -0.549. The van der Waals surface area contributed by atoms with Crippen molar-refractivity contribution in [1.29, 1.82) is 0 Å². The molecule has 0 heterocycles. The Bertz CT molecular complexity index is 321. The summed E-state index contributed by atoms with van der Waals surface area (Å²) in [5.74, 6) is 0.103. The van der Waals surface area contributed by atoms with Crippen LogP contribution in [0.1, 0.15) is 19.8 Å². The zero-order valence-electron chi connectivity index (χ0n) is 7.97. The lowest BCUT2D eigenvalue weighted by atomic mass is 10.2. The number of nitrogens with two attached hydrogens (primary N) is 1. The van der Waals surface area contributed by atoms with Crippen molar-refractivity contribution in [3.63, 3.8) is 0 Å². The minimum Gasteiger partial charge on any atom is -0.409 e. The molecule has 6 nitrogen and oxygen atoms in total. The van der Waals surface area contributed by atoms with Crippen molar-refractivity contribution in [3.8, 4) is 0 Å². The van der Waals surface area contributed by atoms with Gasteiger partial charge in [0.25, 0.3) is 0 Å². The molecule has 4 N–H and O–H groups in total. The molecule has 0 aromatic rings. The number of nitrogens with one attached hydrogen (secondary N) is 1. The monoisotopic (exact) mass is 221 g/mol. The Kier molecular flexibility index (Phi) is 3.33. The van der Waals surface area contributed by atoms with Gasteiger partial charge in [-0.15, -0.1) is 0 Å². The number of nitrogens with zero attached hydrogens (tertiary/aromatic N) is 1. The van der Waals surface area contributed by atoms with Crippen molar-refractivity contribution in [2.24, 2.45) is 16.8 Å². The number of hydrogen-bond acceptors (Lipinski definition) is 4. The molecule has 1 aliphatic carbocycles. The van der Waals surface area contributed by atoms with Crippen LogP contribution in [0.2, 0.25) is 0 Å². The summed E-state index contributed by atoms with van der Waals surface area (Å²) < 4.78 is 24.9. The standard InChI is InChI=1S/C7H15N3O3S/c1-2-14(12,13)10-6(5-3-4-5)7(8)9-11/h5-6,10-11H,2-4H2,1H3,(H2,8,9). The van der Waals surface area contributed by atoms with Gasteiger partial charge >= 0.3 is 0 Å². The third-order valence-electron chi connectivity index (χ3n) is 2.21. The Hall–Kier alpha value is -0.820. The first-order chi connectivity index (χ1) is 6.50. The van der Waals surface area contributed by atoms with Gasteiger partial charge in [-0.2, -0.15) is 0 Å². The van der Waals surface area contributed by atoms with Gasteiger partial charge in [-0.3, -0.25) is 0 Å². The second-order valence-electron chi connectivity index (χ2n) is 3.36. The van der Waals surface area contributed by atoms with Gasteiger partial charge in [0.15, 0.2) is 5.84 Å². The first-order valence-electron chi connectivity index (χ1n) is 4.47. The van der Waals surface area contributed by atoms with Gasteiger partial charge in [0.1, 0.15) is 0 Å². The third kappa shape index (κ3) is 2.85. The maximum absolute atomic E-state index is 11.3. The maximum atomic E-state index is 11.3. The molecule has 1 saturated carbocycles. The van der Waals surface area contributed by atoms with E-state index in [-0.39, 0.29) is 17.5 Å². The molecule has 1 atom stereocenters. The first kappa shape index (κ1) is 11.3. The summed E-state index contributed by atoms with van der Waals surface area (Å²) in [6, 6.07) is -0.551. The summed E-state index contributed by atoms with van der Waals surface area (Å²) in [7, 11) is -3.30. The largest absolute Gasteiger partial charge is 0.409 e. The fourth-order valence-electron chi connectivity index (χ4n) is 1.17. The van der Waals surface area contributed by atoms with Crippen LogP contribution in [-0.4, -0.2) is 31.3 Å². The van der Waals surface area contributed by atoms with Crippen LogP contribution in [0.4, 0.5) is 0 Å². The van der Waals surface area contributed by atoms with E-state index in [9.17, 15) is 8.42 Å². The van der Waals surface area contributed by atoms with Crippen LogP contribution in [0.5, 0.6) is 0 Å². The highest BCUT2D eigenvalue weighted by Gasteiger charge is 2.36. The van der Waals surface area contributed by atoms with Crippen LogP contribution in [0.3, 0.4) is 0 Å². The van der Waals surface area contributed by atoms with Crippen molar-refractivity contribution >= 4 is 15.9 Å². The topological polar surface area (TPSA) is 105 Å². The van der Waals surface area contributed by atoms with E-state index in [0.29, 0.717) is 0 Å². The zero-order chi connectivity index (χ0) is 10.8. The van der Waals surface area contributed by atoms with Crippen LogP contribution >= 0.6 is 0 Å². The molecule has 0 aromatic carbocycles. The molecular formula is C7H15N3O3S. The molecule has 0 amide bonds. The molecule has 1 unspecified atom stereocenters.